The molecule has 0 spiro atoms. The van der Waals surface area contributed by atoms with E-state index in [0.29, 0.717) is 50.8 Å². The van der Waals surface area contributed by atoms with Gasteiger partial charge < -0.3 is 29.2 Å². The fourth-order valence-corrected chi connectivity index (χ4v) is 3.30. The largest absolute Gasteiger partial charge is 0.490 e. The highest BCUT2D eigenvalue weighted by Gasteiger charge is 2.36. The average Bonchev–Trinajstić information content (AvgIpc) is 3.56. The average molecular weight is 410 g/mol. The van der Waals surface area contributed by atoms with E-state index in [-0.39, 0.29) is 11.9 Å². The van der Waals surface area contributed by atoms with Crippen LogP contribution in [0.5, 0.6) is 11.5 Å². The van der Waals surface area contributed by atoms with Crippen molar-refractivity contribution in [2.75, 3.05) is 40.0 Å². The third-order valence-electron chi connectivity index (χ3n) is 4.87. The quantitative estimate of drug-likeness (QED) is 0.565. The lowest BCUT2D eigenvalue weighted by Crippen LogP contribution is -2.49. The minimum Gasteiger partial charge on any atom is -0.490 e. The summed E-state index contributed by atoms with van der Waals surface area (Å²) in [5, 5.41) is 3.21. The lowest BCUT2D eigenvalue weighted by molar-refractivity contribution is -0.146. The summed E-state index contributed by atoms with van der Waals surface area (Å²) in [7, 11) is 1.63. The van der Waals surface area contributed by atoms with Gasteiger partial charge in [-0.05, 0) is 30.5 Å². The summed E-state index contributed by atoms with van der Waals surface area (Å²) in [6.45, 7) is 4.65. The van der Waals surface area contributed by atoms with Crippen LogP contribution in [0.15, 0.2) is 18.2 Å². The van der Waals surface area contributed by atoms with E-state index < -0.39 is 12.5 Å². The number of hydrogen-bond acceptors (Lipinski definition) is 6. The Morgan fingerprint density at radius 1 is 1.34 bits per heavy atom. The number of amides is 1. The lowest BCUT2D eigenvalue weighted by Gasteiger charge is -2.30. The molecule has 0 bridgehead atoms. The molecule has 1 aliphatic carbocycles. The third kappa shape index (κ3) is 6.55. The maximum Gasteiger partial charge on any atom is 0.253 e. The van der Waals surface area contributed by atoms with Crippen molar-refractivity contribution in [1.29, 1.82) is 0 Å². The third-order valence-corrected chi connectivity index (χ3v) is 4.87. The van der Waals surface area contributed by atoms with Crippen LogP contribution < -0.4 is 14.8 Å². The minimum absolute atomic E-state index is 0.0139. The van der Waals surface area contributed by atoms with Crippen LogP contribution in [0.25, 0.3) is 0 Å². The zero-order valence-corrected chi connectivity index (χ0v) is 17.2. The Kier molecular flexibility index (Phi) is 8.09. The van der Waals surface area contributed by atoms with Crippen LogP contribution in [0.4, 0.5) is 4.39 Å². The summed E-state index contributed by atoms with van der Waals surface area (Å²) in [5.41, 5.74) is 0.912. The molecule has 0 aromatic heterocycles. The topological polar surface area (TPSA) is 69.3 Å². The van der Waals surface area contributed by atoms with Gasteiger partial charge in [-0.1, -0.05) is 6.07 Å². The Hall–Kier alpha value is -1.90. The molecule has 8 heteroatoms. The summed E-state index contributed by atoms with van der Waals surface area (Å²) < 4.78 is 35.1. The van der Waals surface area contributed by atoms with Gasteiger partial charge in [-0.2, -0.15) is 0 Å². The number of carbonyl (C=O) groups excluding carboxylic acids is 1. The second-order valence-electron chi connectivity index (χ2n) is 7.40. The summed E-state index contributed by atoms with van der Waals surface area (Å²) in [5.74, 6) is 0.840. The molecule has 1 aliphatic heterocycles. The number of morpholine rings is 1. The number of nitrogens with zero attached hydrogens (tertiary/aromatic N) is 1. The molecule has 2 aliphatic rings. The van der Waals surface area contributed by atoms with E-state index in [2.05, 4.69) is 5.32 Å². The fourth-order valence-electron chi connectivity index (χ4n) is 3.30. The molecule has 1 saturated heterocycles. The molecule has 1 aromatic carbocycles. The first-order valence-corrected chi connectivity index (χ1v) is 10.3. The zero-order chi connectivity index (χ0) is 20.6. The van der Waals surface area contributed by atoms with Crippen molar-refractivity contribution >= 4 is 5.91 Å². The smallest absolute Gasteiger partial charge is 0.253 e. The SMILES string of the molecule is COCCCOc1cc(CN(C(=O)[C@H]2CNCCO2)C2CC2)ccc1OC(C)F. The van der Waals surface area contributed by atoms with Gasteiger partial charge in [-0.25, -0.2) is 4.39 Å². The van der Waals surface area contributed by atoms with E-state index in [9.17, 15) is 9.18 Å². The first-order valence-electron chi connectivity index (χ1n) is 10.3. The first kappa shape index (κ1) is 21.8. The predicted molar refractivity (Wildman–Crippen MR) is 106 cm³/mol. The van der Waals surface area contributed by atoms with Crippen LogP contribution in [0.3, 0.4) is 0 Å². The van der Waals surface area contributed by atoms with Crippen molar-refractivity contribution in [2.24, 2.45) is 0 Å². The number of hydrogen-bond donors (Lipinski definition) is 1. The number of ether oxygens (including phenoxy) is 4. The normalized spacial score (nSPS) is 20.2. The van der Waals surface area contributed by atoms with Crippen LogP contribution >= 0.6 is 0 Å². The van der Waals surface area contributed by atoms with Crippen LogP contribution in [0, 0.1) is 0 Å². The van der Waals surface area contributed by atoms with Gasteiger partial charge in [0, 0.05) is 52.7 Å². The maximum atomic E-state index is 13.4. The van der Waals surface area contributed by atoms with Crippen molar-refractivity contribution in [3.05, 3.63) is 23.8 Å². The zero-order valence-electron chi connectivity index (χ0n) is 17.2. The number of alkyl halides is 1. The Balaban J connectivity index is 1.70. The molecule has 0 radical (unpaired) electrons. The summed E-state index contributed by atoms with van der Waals surface area (Å²) >= 11 is 0. The van der Waals surface area contributed by atoms with Gasteiger partial charge in [0.25, 0.3) is 5.91 Å². The van der Waals surface area contributed by atoms with Crippen LogP contribution in [-0.4, -0.2) is 69.3 Å². The molecule has 1 unspecified atom stereocenters. The van der Waals surface area contributed by atoms with Crippen LogP contribution in [-0.2, 0) is 20.8 Å². The maximum absolute atomic E-state index is 13.4. The summed E-state index contributed by atoms with van der Waals surface area (Å²) in [4.78, 5) is 14.9. The number of halogens is 1. The van der Waals surface area contributed by atoms with Crippen LogP contribution in [0.2, 0.25) is 0 Å². The second-order valence-corrected chi connectivity index (χ2v) is 7.40. The van der Waals surface area contributed by atoms with Gasteiger partial charge in [-0.15, -0.1) is 0 Å². The molecule has 2 atom stereocenters. The Bertz CT molecular complexity index is 662. The van der Waals surface area contributed by atoms with E-state index in [1.807, 2.05) is 17.0 Å². The van der Waals surface area contributed by atoms with Crippen molar-refractivity contribution in [1.82, 2.24) is 10.2 Å². The molecule has 1 aromatic rings. The van der Waals surface area contributed by atoms with Crippen molar-refractivity contribution in [3.8, 4) is 11.5 Å². The fraction of sp³-hybridized carbons (Fsp3) is 0.667. The number of nitrogens with one attached hydrogen (secondary N) is 1. The van der Waals surface area contributed by atoms with Crippen molar-refractivity contribution in [3.63, 3.8) is 0 Å². The molecule has 3 rings (SSSR count). The molecular formula is C21H31FN2O5. The molecular weight excluding hydrogens is 379 g/mol. The summed E-state index contributed by atoms with van der Waals surface area (Å²) in [6, 6.07) is 5.63. The minimum atomic E-state index is -1.44. The standard InChI is InChI=1S/C21H31FN2O5/c1-15(22)29-18-7-4-16(12-19(18)27-10-3-9-26-2)14-24(17-5-6-17)21(25)20-13-23-8-11-28-20/h4,7,12,15,17,20,23H,3,5-6,8-11,13-14H2,1-2H3/t15?,20-/m1/s1. The Labute approximate surface area is 171 Å². The van der Waals surface area contributed by atoms with E-state index in [1.54, 1.807) is 13.2 Å². The molecule has 162 valence electrons. The van der Waals surface area contributed by atoms with Crippen molar-refractivity contribution < 1.29 is 28.1 Å². The highest BCUT2D eigenvalue weighted by atomic mass is 19.1. The first-order chi connectivity index (χ1) is 14.1. The number of methoxy groups -OCH3 is 1. The van der Waals surface area contributed by atoms with Gasteiger partial charge >= 0.3 is 0 Å². The molecule has 29 heavy (non-hydrogen) atoms. The monoisotopic (exact) mass is 410 g/mol. The molecule has 1 saturated carbocycles. The van der Waals surface area contributed by atoms with Crippen LogP contribution in [0.1, 0.15) is 31.7 Å². The van der Waals surface area contributed by atoms with Gasteiger partial charge in [0.1, 0.15) is 6.10 Å². The van der Waals surface area contributed by atoms with Gasteiger partial charge in [0.2, 0.25) is 6.36 Å². The van der Waals surface area contributed by atoms with E-state index in [0.717, 1.165) is 24.9 Å². The predicted octanol–water partition coefficient (Wildman–Crippen LogP) is 2.28. The Morgan fingerprint density at radius 3 is 2.83 bits per heavy atom. The number of rotatable bonds is 11. The summed E-state index contributed by atoms with van der Waals surface area (Å²) in [6.07, 6.45) is 0.843. The van der Waals surface area contributed by atoms with Gasteiger partial charge in [0.05, 0.1) is 13.2 Å². The Morgan fingerprint density at radius 2 is 2.17 bits per heavy atom. The second kappa shape index (κ2) is 10.8. The van der Waals surface area contributed by atoms with Gasteiger partial charge in [-0.3, -0.25) is 4.79 Å². The number of carbonyl (C=O) groups is 1. The highest BCUT2D eigenvalue weighted by Crippen LogP contribution is 2.33. The lowest BCUT2D eigenvalue weighted by atomic mass is 10.1. The molecule has 2 fully saturated rings. The van der Waals surface area contributed by atoms with E-state index >= 15 is 0 Å². The van der Waals surface area contributed by atoms with Gasteiger partial charge in [0.15, 0.2) is 11.5 Å². The van der Waals surface area contributed by atoms with E-state index in [1.165, 1.54) is 6.92 Å². The number of benzene rings is 1. The molecule has 1 amide bonds. The molecule has 1 N–H and O–H groups in total. The van der Waals surface area contributed by atoms with E-state index in [4.69, 9.17) is 18.9 Å². The molecule has 7 nitrogen and oxygen atoms in total. The highest BCUT2D eigenvalue weighted by molar-refractivity contribution is 5.82. The van der Waals surface area contributed by atoms with Crippen molar-refractivity contribution in [2.45, 2.75) is 51.2 Å². The molecule has 1 heterocycles.